The lowest BCUT2D eigenvalue weighted by atomic mass is 10.2. The molecule has 0 radical (unpaired) electrons. The summed E-state index contributed by atoms with van der Waals surface area (Å²) < 4.78 is 40.3. The fraction of sp³-hybridized carbons (Fsp3) is 0.200. The maximum atomic E-state index is 13.1. The van der Waals surface area contributed by atoms with E-state index in [1.54, 1.807) is 31.4 Å². The van der Waals surface area contributed by atoms with Crippen LogP contribution in [-0.2, 0) is 18.9 Å². The van der Waals surface area contributed by atoms with Crippen molar-refractivity contribution in [2.45, 2.75) is 31.0 Å². The molecule has 0 atom stereocenters. The summed E-state index contributed by atoms with van der Waals surface area (Å²) in [5.74, 6) is 1.95. The molecule has 35 heavy (non-hydrogen) atoms. The van der Waals surface area contributed by atoms with E-state index < -0.39 is 0 Å². The number of halogens is 3. The molecule has 0 spiro atoms. The molecule has 3 aromatic carbocycles. The fourth-order valence-electron chi connectivity index (χ4n) is 3.27. The van der Waals surface area contributed by atoms with Gasteiger partial charge in [0.1, 0.15) is 24.1 Å². The van der Waals surface area contributed by atoms with Crippen molar-refractivity contribution in [3.8, 4) is 11.5 Å². The van der Waals surface area contributed by atoms with Gasteiger partial charge in [-0.2, -0.15) is 0 Å². The smallest absolute Gasteiger partial charge is 0.210 e. The number of thioether (sulfide) groups is 1. The van der Waals surface area contributed by atoms with Gasteiger partial charge in [0.05, 0.1) is 18.1 Å². The highest BCUT2D eigenvalue weighted by Gasteiger charge is 2.14. The van der Waals surface area contributed by atoms with E-state index >= 15 is 0 Å². The van der Waals surface area contributed by atoms with Gasteiger partial charge in [-0.05, 0) is 75.9 Å². The van der Waals surface area contributed by atoms with Crippen molar-refractivity contribution >= 4 is 27.7 Å². The van der Waals surface area contributed by atoms with Crippen molar-refractivity contribution in [2.24, 2.45) is 0 Å². The molecule has 6 nitrogen and oxygen atoms in total. The first-order valence-corrected chi connectivity index (χ1v) is 12.5. The van der Waals surface area contributed by atoms with Crippen LogP contribution < -0.4 is 14.9 Å². The molecule has 0 aliphatic rings. The minimum atomic E-state index is -0.287. The number of methoxy groups -OCH3 is 1. The fourth-order valence-corrected chi connectivity index (χ4v) is 4.79. The SMILES string of the molecule is COc1cc(CNn2c(C)nnc2SCc2ccc(F)cc2)cc(Br)c1OCc1ccc(F)cc1. The van der Waals surface area contributed by atoms with E-state index in [0.29, 0.717) is 29.0 Å². The van der Waals surface area contributed by atoms with Crippen molar-refractivity contribution in [1.29, 1.82) is 0 Å². The second kappa shape index (κ2) is 11.5. The van der Waals surface area contributed by atoms with Gasteiger partial charge in [-0.25, -0.2) is 13.5 Å². The molecule has 0 aliphatic heterocycles. The van der Waals surface area contributed by atoms with Crippen LogP contribution >= 0.6 is 27.7 Å². The highest BCUT2D eigenvalue weighted by molar-refractivity contribution is 9.10. The predicted molar refractivity (Wildman–Crippen MR) is 135 cm³/mol. The van der Waals surface area contributed by atoms with E-state index in [1.807, 2.05) is 23.7 Å². The number of aryl methyl sites for hydroxylation is 1. The van der Waals surface area contributed by atoms with Crippen LogP contribution in [-0.4, -0.2) is 22.0 Å². The second-order valence-electron chi connectivity index (χ2n) is 7.64. The number of hydrogen-bond donors (Lipinski definition) is 1. The van der Waals surface area contributed by atoms with Crippen LogP contribution in [0.25, 0.3) is 0 Å². The van der Waals surface area contributed by atoms with E-state index in [4.69, 9.17) is 9.47 Å². The Bertz CT molecular complexity index is 1280. The van der Waals surface area contributed by atoms with Gasteiger partial charge >= 0.3 is 0 Å². The van der Waals surface area contributed by atoms with Crippen molar-refractivity contribution in [3.05, 3.63) is 99.3 Å². The Hall–Kier alpha value is -3.11. The first-order chi connectivity index (χ1) is 16.9. The molecule has 0 amide bonds. The molecule has 0 aliphatic carbocycles. The third kappa shape index (κ3) is 6.52. The molecule has 1 aromatic heterocycles. The summed E-state index contributed by atoms with van der Waals surface area (Å²) in [4.78, 5) is 0. The molecule has 0 saturated heterocycles. The number of nitrogens with zero attached hydrogens (tertiary/aromatic N) is 3. The molecule has 10 heteroatoms. The lowest BCUT2D eigenvalue weighted by Gasteiger charge is -2.16. The van der Waals surface area contributed by atoms with Gasteiger partial charge in [0, 0.05) is 5.75 Å². The molecule has 0 fully saturated rings. The van der Waals surface area contributed by atoms with E-state index in [2.05, 4.69) is 31.6 Å². The summed E-state index contributed by atoms with van der Waals surface area (Å²) in [6.07, 6.45) is 0. The Morgan fingerprint density at radius 2 is 1.60 bits per heavy atom. The van der Waals surface area contributed by atoms with Crippen molar-refractivity contribution in [1.82, 2.24) is 14.9 Å². The second-order valence-corrected chi connectivity index (χ2v) is 9.44. The summed E-state index contributed by atoms with van der Waals surface area (Å²) in [5, 5.41) is 9.12. The minimum absolute atomic E-state index is 0.257. The third-order valence-corrected chi connectivity index (χ3v) is 6.69. The van der Waals surface area contributed by atoms with Crippen molar-refractivity contribution < 1.29 is 18.3 Å². The van der Waals surface area contributed by atoms with E-state index in [0.717, 1.165) is 27.0 Å². The molecule has 0 bridgehead atoms. The van der Waals surface area contributed by atoms with Crippen LogP contribution in [0.5, 0.6) is 11.5 Å². The van der Waals surface area contributed by atoms with Gasteiger partial charge in [-0.15, -0.1) is 10.2 Å². The van der Waals surface area contributed by atoms with Gasteiger partial charge in [0.2, 0.25) is 5.16 Å². The number of nitrogens with one attached hydrogen (secondary N) is 1. The molecule has 4 aromatic rings. The largest absolute Gasteiger partial charge is 0.493 e. The Morgan fingerprint density at radius 1 is 0.943 bits per heavy atom. The minimum Gasteiger partial charge on any atom is -0.493 e. The highest BCUT2D eigenvalue weighted by Crippen LogP contribution is 2.37. The van der Waals surface area contributed by atoms with Gasteiger partial charge in [-0.1, -0.05) is 36.0 Å². The molecule has 182 valence electrons. The maximum Gasteiger partial charge on any atom is 0.210 e. The topological polar surface area (TPSA) is 61.2 Å². The van der Waals surface area contributed by atoms with E-state index in [9.17, 15) is 8.78 Å². The average Bonchev–Trinajstić information content (AvgIpc) is 3.21. The Balaban J connectivity index is 1.42. The number of aromatic nitrogens is 3. The quantitative estimate of drug-likeness (QED) is 0.231. The molecule has 1 heterocycles. The van der Waals surface area contributed by atoms with Gasteiger partial charge in [-0.3, -0.25) is 0 Å². The predicted octanol–water partition coefficient (Wildman–Crippen LogP) is 6.25. The molecule has 0 unspecified atom stereocenters. The van der Waals surface area contributed by atoms with Crippen LogP contribution in [0.2, 0.25) is 0 Å². The zero-order valence-corrected chi connectivity index (χ0v) is 21.5. The lowest BCUT2D eigenvalue weighted by molar-refractivity contribution is 0.282. The summed E-state index contributed by atoms with van der Waals surface area (Å²) in [6.45, 7) is 2.63. The van der Waals surface area contributed by atoms with Crippen LogP contribution in [0.3, 0.4) is 0 Å². The normalized spacial score (nSPS) is 10.9. The number of rotatable bonds is 10. The first-order valence-electron chi connectivity index (χ1n) is 10.7. The zero-order valence-electron chi connectivity index (χ0n) is 19.1. The number of hydrogen-bond acceptors (Lipinski definition) is 6. The third-order valence-electron chi connectivity index (χ3n) is 5.10. The van der Waals surface area contributed by atoms with Crippen LogP contribution in [0.15, 0.2) is 70.3 Å². The Labute approximate surface area is 214 Å². The van der Waals surface area contributed by atoms with Crippen LogP contribution in [0.4, 0.5) is 8.78 Å². The summed E-state index contributed by atoms with van der Waals surface area (Å²) in [5.41, 5.74) is 6.13. The lowest BCUT2D eigenvalue weighted by Crippen LogP contribution is -2.17. The molecule has 0 saturated carbocycles. The van der Waals surface area contributed by atoms with Crippen LogP contribution in [0.1, 0.15) is 22.5 Å². The van der Waals surface area contributed by atoms with E-state index in [1.165, 1.54) is 36.0 Å². The monoisotopic (exact) mass is 560 g/mol. The maximum absolute atomic E-state index is 13.1. The highest BCUT2D eigenvalue weighted by atomic mass is 79.9. The average molecular weight is 561 g/mol. The van der Waals surface area contributed by atoms with Crippen molar-refractivity contribution in [2.75, 3.05) is 12.5 Å². The van der Waals surface area contributed by atoms with Gasteiger partial charge in [0.25, 0.3) is 0 Å². The van der Waals surface area contributed by atoms with E-state index in [-0.39, 0.29) is 18.2 Å². The first kappa shape index (κ1) is 25.0. The summed E-state index contributed by atoms with van der Waals surface area (Å²) in [6, 6.07) is 16.4. The molecular formula is C25H23BrF2N4O2S. The molecule has 1 N–H and O–H groups in total. The zero-order chi connectivity index (χ0) is 24.8. The Morgan fingerprint density at radius 3 is 2.26 bits per heavy atom. The van der Waals surface area contributed by atoms with Gasteiger partial charge in [0.15, 0.2) is 11.5 Å². The summed E-state index contributed by atoms with van der Waals surface area (Å²) >= 11 is 5.08. The van der Waals surface area contributed by atoms with Crippen molar-refractivity contribution in [3.63, 3.8) is 0 Å². The van der Waals surface area contributed by atoms with Crippen LogP contribution in [0, 0.1) is 18.6 Å². The Kier molecular flexibility index (Phi) is 8.25. The molecule has 4 rings (SSSR count). The standard InChI is InChI=1S/C25H23BrF2N4O2S/c1-16-30-31-25(35-15-18-5-9-21(28)10-6-18)32(16)29-13-19-11-22(26)24(23(12-19)33-2)34-14-17-3-7-20(27)8-4-17/h3-12,29H,13-15H2,1-2H3. The molecular weight excluding hydrogens is 538 g/mol. The summed E-state index contributed by atoms with van der Waals surface area (Å²) in [7, 11) is 1.58. The number of benzene rings is 3. The van der Waals surface area contributed by atoms with Gasteiger partial charge < -0.3 is 14.9 Å². The number of ether oxygens (including phenoxy) is 2.